The molecule has 1 aromatic heterocycles. The first-order chi connectivity index (χ1) is 7.79. The fraction of sp³-hybridized carbons (Fsp3) is 0.444. The Bertz CT molecular complexity index is 373. The summed E-state index contributed by atoms with van der Waals surface area (Å²) in [6.07, 6.45) is 0. The summed E-state index contributed by atoms with van der Waals surface area (Å²) >= 11 is 1.51. The number of nitrogens with one attached hydrogen (secondary N) is 1. The van der Waals surface area contributed by atoms with Crippen LogP contribution in [0.25, 0.3) is 10.4 Å². The number of thiophene rings is 1. The lowest BCUT2D eigenvalue weighted by Gasteiger charge is -2.14. The minimum absolute atomic E-state index is 0.300. The quantitative estimate of drug-likeness (QED) is 0.271. The molecule has 0 aromatic carbocycles. The number of hydrogen-bond acceptors (Lipinski definition) is 5. The number of esters is 1. The highest BCUT2D eigenvalue weighted by Crippen LogP contribution is 2.17. The predicted molar refractivity (Wildman–Crippen MR) is 61.1 cm³/mol. The molecule has 16 heavy (non-hydrogen) atoms. The molecule has 1 unspecified atom stereocenters. The van der Waals surface area contributed by atoms with Crippen molar-refractivity contribution in [2.45, 2.75) is 6.04 Å². The van der Waals surface area contributed by atoms with Gasteiger partial charge in [0.25, 0.3) is 0 Å². The molecule has 7 heteroatoms. The monoisotopic (exact) mass is 240 g/mol. The van der Waals surface area contributed by atoms with Crippen molar-refractivity contribution >= 4 is 17.3 Å². The molecule has 86 valence electrons. The summed E-state index contributed by atoms with van der Waals surface area (Å²) in [5, 5.41) is 10.1. The molecule has 1 rings (SSSR count). The number of hydrogen-bond donors (Lipinski definition) is 1. The van der Waals surface area contributed by atoms with Gasteiger partial charge in [-0.1, -0.05) is 5.11 Å². The van der Waals surface area contributed by atoms with Crippen LogP contribution in [0.5, 0.6) is 0 Å². The minimum atomic E-state index is -0.495. The summed E-state index contributed by atoms with van der Waals surface area (Å²) in [7, 11) is 1.34. The van der Waals surface area contributed by atoms with Crippen LogP contribution in [0.1, 0.15) is 11.6 Å². The van der Waals surface area contributed by atoms with Crippen LogP contribution >= 0.6 is 11.3 Å². The third kappa shape index (κ3) is 3.54. The van der Waals surface area contributed by atoms with Crippen molar-refractivity contribution in [3.05, 3.63) is 32.8 Å². The molecule has 0 fully saturated rings. The zero-order chi connectivity index (χ0) is 11.8. The Labute approximate surface area is 96.9 Å². The number of nitrogens with zero attached hydrogens (tertiary/aromatic N) is 3. The van der Waals surface area contributed by atoms with E-state index in [1.54, 1.807) is 0 Å². The van der Waals surface area contributed by atoms with Gasteiger partial charge in [-0.05, 0) is 27.9 Å². The largest absolute Gasteiger partial charge is 0.468 e. The van der Waals surface area contributed by atoms with E-state index in [1.807, 2.05) is 16.8 Å². The maximum Gasteiger partial charge on any atom is 0.327 e. The van der Waals surface area contributed by atoms with Gasteiger partial charge >= 0.3 is 5.97 Å². The van der Waals surface area contributed by atoms with E-state index < -0.39 is 6.04 Å². The second-order valence-electron chi connectivity index (χ2n) is 2.92. The average molecular weight is 240 g/mol. The summed E-state index contributed by atoms with van der Waals surface area (Å²) in [4.78, 5) is 14.1. The second-order valence-corrected chi connectivity index (χ2v) is 3.70. The Kier molecular flexibility index (Phi) is 5.35. The van der Waals surface area contributed by atoms with Gasteiger partial charge in [-0.25, -0.2) is 4.79 Å². The first-order valence-electron chi connectivity index (χ1n) is 4.63. The first-order valence-corrected chi connectivity index (χ1v) is 5.58. The maximum atomic E-state index is 11.5. The third-order valence-electron chi connectivity index (χ3n) is 1.94. The number of methoxy groups -OCH3 is 1. The van der Waals surface area contributed by atoms with E-state index in [2.05, 4.69) is 15.3 Å². The number of rotatable bonds is 6. The average Bonchev–Trinajstić information content (AvgIpc) is 2.82. The van der Waals surface area contributed by atoms with Gasteiger partial charge in [-0.3, -0.25) is 0 Å². The van der Waals surface area contributed by atoms with Crippen LogP contribution in [-0.4, -0.2) is 26.2 Å². The molecule has 0 amide bonds. The molecular formula is C9H12N4O2S. The zero-order valence-corrected chi connectivity index (χ0v) is 9.61. The summed E-state index contributed by atoms with van der Waals surface area (Å²) in [6, 6.07) is 1.36. The van der Waals surface area contributed by atoms with Crippen LogP contribution in [0.15, 0.2) is 21.9 Å². The van der Waals surface area contributed by atoms with Gasteiger partial charge in [0.05, 0.1) is 7.11 Å². The number of azide groups is 1. The Morgan fingerprint density at radius 1 is 1.81 bits per heavy atom. The number of carbonyl (C=O) groups excluding carboxylic acids is 1. The molecule has 6 nitrogen and oxygen atoms in total. The van der Waals surface area contributed by atoms with Gasteiger partial charge in [-0.2, -0.15) is 11.3 Å². The Morgan fingerprint density at radius 3 is 3.19 bits per heavy atom. The first kappa shape index (κ1) is 12.5. The van der Waals surface area contributed by atoms with Gasteiger partial charge in [0.1, 0.15) is 6.04 Å². The Hall–Kier alpha value is -1.56. The molecule has 0 saturated carbocycles. The van der Waals surface area contributed by atoms with Crippen LogP contribution in [0.3, 0.4) is 0 Å². The fourth-order valence-corrected chi connectivity index (χ4v) is 1.88. The Morgan fingerprint density at radius 2 is 2.62 bits per heavy atom. The van der Waals surface area contributed by atoms with Gasteiger partial charge in [0.2, 0.25) is 0 Å². The normalized spacial score (nSPS) is 11.6. The van der Waals surface area contributed by atoms with Crippen molar-refractivity contribution in [2.75, 3.05) is 20.2 Å². The summed E-state index contributed by atoms with van der Waals surface area (Å²) in [5.74, 6) is -0.348. The molecule has 0 aliphatic heterocycles. The van der Waals surface area contributed by atoms with Gasteiger partial charge < -0.3 is 10.1 Å². The zero-order valence-electron chi connectivity index (χ0n) is 8.79. The molecule has 1 atom stereocenters. The van der Waals surface area contributed by atoms with Gasteiger partial charge in [-0.15, -0.1) is 0 Å². The lowest BCUT2D eigenvalue weighted by molar-refractivity contribution is -0.143. The highest BCUT2D eigenvalue weighted by molar-refractivity contribution is 7.08. The van der Waals surface area contributed by atoms with Crippen molar-refractivity contribution in [2.24, 2.45) is 5.11 Å². The lowest BCUT2D eigenvalue weighted by Crippen LogP contribution is -2.31. The molecule has 0 aliphatic carbocycles. The second kappa shape index (κ2) is 6.84. The van der Waals surface area contributed by atoms with E-state index in [4.69, 9.17) is 10.3 Å². The van der Waals surface area contributed by atoms with Crippen LogP contribution in [0.2, 0.25) is 0 Å². The summed E-state index contributed by atoms with van der Waals surface area (Å²) in [6.45, 7) is 0.730. The smallest absolute Gasteiger partial charge is 0.327 e. The maximum absolute atomic E-state index is 11.5. The fourth-order valence-electron chi connectivity index (χ4n) is 1.20. The molecule has 0 spiro atoms. The molecular weight excluding hydrogens is 228 g/mol. The number of ether oxygens (including phenoxy) is 1. The molecule has 1 aromatic rings. The SMILES string of the molecule is COC(=O)C(NCCN=[N+]=[N-])c1ccsc1. The van der Waals surface area contributed by atoms with E-state index in [0.717, 1.165) is 5.56 Å². The van der Waals surface area contributed by atoms with E-state index >= 15 is 0 Å². The highest BCUT2D eigenvalue weighted by Gasteiger charge is 2.20. The predicted octanol–water partition coefficient (Wildman–Crippen LogP) is 1.86. The molecule has 1 N–H and O–H groups in total. The standard InChI is InChI=1S/C9H12N4O2S/c1-15-9(14)8(7-2-5-16-6-7)11-3-4-12-13-10/h2,5-6,8,11H,3-4H2,1H3. The molecule has 0 saturated heterocycles. The Balaban J connectivity index is 2.58. The third-order valence-corrected chi connectivity index (χ3v) is 2.64. The number of carbonyl (C=O) groups is 1. The van der Waals surface area contributed by atoms with E-state index in [-0.39, 0.29) is 5.97 Å². The topological polar surface area (TPSA) is 87.1 Å². The molecule has 0 aliphatic rings. The van der Waals surface area contributed by atoms with Crippen molar-refractivity contribution in [1.82, 2.24) is 5.32 Å². The van der Waals surface area contributed by atoms with Gasteiger partial charge in [0.15, 0.2) is 0 Å². The van der Waals surface area contributed by atoms with E-state index in [1.165, 1.54) is 18.4 Å². The van der Waals surface area contributed by atoms with E-state index in [9.17, 15) is 4.79 Å². The van der Waals surface area contributed by atoms with Gasteiger partial charge in [0, 0.05) is 18.0 Å². The van der Waals surface area contributed by atoms with Crippen molar-refractivity contribution in [1.29, 1.82) is 0 Å². The van der Waals surface area contributed by atoms with E-state index in [0.29, 0.717) is 13.1 Å². The van der Waals surface area contributed by atoms with Crippen LogP contribution < -0.4 is 5.32 Å². The van der Waals surface area contributed by atoms with Crippen LogP contribution in [0.4, 0.5) is 0 Å². The molecule has 0 radical (unpaired) electrons. The van der Waals surface area contributed by atoms with Crippen molar-refractivity contribution in [3.63, 3.8) is 0 Å². The highest BCUT2D eigenvalue weighted by atomic mass is 32.1. The summed E-state index contributed by atoms with van der Waals surface area (Å²) in [5.41, 5.74) is 8.97. The van der Waals surface area contributed by atoms with Crippen LogP contribution in [-0.2, 0) is 9.53 Å². The summed E-state index contributed by atoms with van der Waals surface area (Å²) < 4.78 is 4.69. The lowest BCUT2D eigenvalue weighted by atomic mass is 10.1. The van der Waals surface area contributed by atoms with Crippen LogP contribution in [0, 0.1) is 0 Å². The minimum Gasteiger partial charge on any atom is -0.468 e. The van der Waals surface area contributed by atoms with Crippen molar-refractivity contribution in [3.8, 4) is 0 Å². The van der Waals surface area contributed by atoms with Crippen molar-refractivity contribution < 1.29 is 9.53 Å². The molecule has 0 bridgehead atoms. The molecule has 1 heterocycles.